The molecule has 5 heteroatoms. The van der Waals surface area contributed by atoms with E-state index in [1.807, 2.05) is 21.0 Å². The van der Waals surface area contributed by atoms with Crippen molar-refractivity contribution >= 4 is 5.97 Å². The Morgan fingerprint density at radius 3 is 2.12 bits per heavy atom. The quantitative estimate of drug-likeness (QED) is 0.0849. The van der Waals surface area contributed by atoms with Crippen LogP contribution in [-0.4, -0.2) is 49.2 Å². The number of nitrogens with zero attached hydrogens (tertiary/aromatic N) is 1. The zero-order valence-corrected chi connectivity index (χ0v) is 21.4. The third kappa shape index (κ3) is 22.0. The molecule has 0 bridgehead atoms. The van der Waals surface area contributed by atoms with Gasteiger partial charge >= 0.3 is 12.4 Å². The van der Waals surface area contributed by atoms with Gasteiger partial charge in [0, 0.05) is 6.42 Å². The average molecular weight is 454 g/mol. The molecular formula is C27H51NO4. The Hall–Kier alpha value is -1.17. The van der Waals surface area contributed by atoms with Crippen LogP contribution >= 0.6 is 0 Å². The number of ether oxygens (including phenoxy) is 2. The van der Waals surface area contributed by atoms with Gasteiger partial charge in [-0.2, -0.15) is 0 Å². The lowest BCUT2D eigenvalue weighted by Crippen LogP contribution is -2.27. The van der Waals surface area contributed by atoms with Crippen molar-refractivity contribution in [3.8, 4) is 0 Å². The van der Waals surface area contributed by atoms with Crippen molar-refractivity contribution in [2.45, 2.75) is 123 Å². The molecule has 5 nitrogen and oxygen atoms in total. The van der Waals surface area contributed by atoms with Crippen molar-refractivity contribution in [2.24, 2.45) is 0 Å². The molecule has 0 heterocycles. The second-order valence-corrected chi connectivity index (χ2v) is 8.89. The molecule has 0 aromatic heterocycles. The van der Waals surface area contributed by atoms with Gasteiger partial charge in [-0.05, 0) is 78.4 Å². The van der Waals surface area contributed by atoms with Crippen LogP contribution in [0.2, 0.25) is 0 Å². The number of hydrogen-bond donors (Lipinski definition) is 1. The fourth-order valence-electron chi connectivity index (χ4n) is 3.45. The Kier molecular flexibility index (Phi) is 22.2. The number of aliphatic hydroxyl groups is 1. The predicted molar refractivity (Wildman–Crippen MR) is 134 cm³/mol. The zero-order chi connectivity index (χ0) is 23.9. The van der Waals surface area contributed by atoms with Crippen molar-refractivity contribution in [2.75, 3.05) is 20.6 Å². The summed E-state index contributed by atoms with van der Waals surface area (Å²) in [6, 6.07) is 0. The van der Waals surface area contributed by atoms with Gasteiger partial charge in [0.1, 0.15) is 0 Å². The molecule has 1 N–H and O–H groups in total. The molecule has 0 amide bonds. The number of hydrogen-bond acceptors (Lipinski definition) is 5. The van der Waals surface area contributed by atoms with E-state index in [2.05, 4.69) is 36.1 Å². The van der Waals surface area contributed by atoms with E-state index in [-0.39, 0.29) is 12.1 Å². The Balaban J connectivity index is 3.61. The van der Waals surface area contributed by atoms with Crippen LogP contribution in [0.1, 0.15) is 110 Å². The highest BCUT2D eigenvalue weighted by Crippen LogP contribution is 2.12. The fraction of sp³-hybridized carbons (Fsp3) is 0.815. The maximum atomic E-state index is 11.9. The van der Waals surface area contributed by atoms with Crippen molar-refractivity contribution in [3.63, 3.8) is 0 Å². The monoisotopic (exact) mass is 453 g/mol. The van der Waals surface area contributed by atoms with Crippen molar-refractivity contribution in [1.29, 1.82) is 0 Å². The summed E-state index contributed by atoms with van der Waals surface area (Å²) in [5, 5.41) is 9.87. The second-order valence-electron chi connectivity index (χ2n) is 8.89. The van der Waals surface area contributed by atoms with E-state index in [1.54, 1.807) is 0 Å². The van der Waals surface area contributed by atoms with Gasteiger partial charge in [-0.15, -0.1) is 0 Å². The SMILES string of the molecule is CCCCC/C=C\C/C=C\CCCCCCCC(=O)O[C@H](O)OC(CC)CCCN(C)C. The molecule has 0 rings (SSSR count). The standard InChI is InChI=1S/C27H51NO4/c1-5-7-8-9-10-11-12-13-14-15-16-17-18-19-20-23-26(29)32-27(30)31-25(6-2)22-21-24-28(3)4/h10-11,13-14,25,27,30H,5-9,12,15-24H2,1-4H3/b11-10-,14-13-/t25?,27-/m1/s1. The minimum absolute atomic E-state index is 0.0892. The third-order valence-corrected chi connectivity index (χ3v) is 5.46. The molecule has 0 aromatic rings. The number of unbranched alkanes of at least 4 members (excludes halogenated alkanes) is 8. The molecule has 2 atom stereocenters. The Morgan fingerprint density at radius 2 is 1.50 bits per heavy atom. The molecule has 0 spiro atoms. The summed E-state index contributed by atoms with van der Waals surface area (Å²) in [5.41, 5.74) is 0. The molecule has 188 valence electrons. The normalized spacial score (nSPS) is 13.9. The van der Waals surface area contributed by atoms with Crippen LogP contribution in [0.5, 0.6) is 0 Å². The highest BCUT2D eigenvalue weighted by molar-refractivity contribution is 5.69. The van der Waals surface area contributed by atoms with Crippen LogP contribution in [0.4, 0.5) is 0 Å². The molecule has 0 saturated carbocycles. The average Bonchev–Trinajstić information content (AvgIpc) is 2.75. The van der Waals surface area contributed by atoms with Gasteiger partial charge in [-0.1, -0.05) is 70.3 Å². The van der Waals surface area contributed by atoms with Crippen LogP contribution < -0.4 is 0 Å². The van der Waals surface area contributed by atoms with Crippen molar-refractivity contribution < 1.29 is 19.4 Å². The molecule has 32 heavy (non-hydrogen) atoms. The minimum atomic E-state index is -1.45. The molecule has 0 aliphatic heterocycles. The van der Waals surface area contributed by atoms with Gasteiger partial charge in [0.25, 0.3) is 0 Å². The van der Waals surface area contributed by atoms with Crippen LogP contribution in [0.25, 0.3) is 0 Å². The number of aliphatic hydroxyl groups excluding tert-OH is 1. The molecule has 1 unspecified atom stereocenters. The molecule has 0 fully saturated rings. The topological polar surface area (TPSA) is 59.0 Å². The number of esters is 1. The molecule has 0 saturated heterocycles. The summed E-state index contributed by atoms with van der Waals surface area (Å²) in [4.78, 5) is 14.0. The Labute approximate surface area is 198 Å². The predicted octanol–water partition coefficient (Wildman–Crippen LogP) is 6.76. The van der Waals surface area contributed by atoms with E-state index in [0.717, 1.165) is 57.9 Å². The third-order valence-electron chi connectivity index (χ3n) is 5.46. The summed E-state index contributed by atoms with van der Waals surface area (Å²) in [6.45, 7) is 3.77. The van der Waals surface area contributed by atoms with Crippen molar-refractivity contribution in [3.05, 3.63) is 24.3 Å². The molecule has 0 aliphatic carbocycles. The number of rotatable bonds is 22. The van der Waals surface area contributed by atoms with E-state index in [0.29, 0.717) is 6.42 Å². The van der Waals surface area contributed by atoms with Gasteiger partial charge in [0.2, 0.25) is 0 Å². The number of carbonyl (C=O) groups is 1. The van der Waals surface area contributed by atoms with Gasteiger partial charge in [-0.25, -0.2) is 0 Å². The first-order valence-electron chi connectivity index (χ1n) is 13.0. The molecule has 0 aromatic carbocycles. The summed E-state index contributed by atoms with van der Waals surface area (Å²) >= 11 is 0. The highest BCUT2D eigenvalue weighted by atomic mass is 16.8. The molecular weight excluding hydrogens is 402 g/mol. The first kappa shape index (κ1) is 30.8. The van der Waals surface area contributed by atoms with E-state index >= 15 is 0 Å². The smallest absolute Gasteiger partial charge is 0.316 e. The van der Waals surface area contributed by atoms with Gasteiger partial charge < -0.3 is 19.5 Å². The van der Waals surface area contributed by atoms with E-state index < -0.39 is 6.48 Å². The van der Waals surface area contributed by atoms with Crippen LogP contribution in [0, 0.1) is 0 Å². The number of allylic oxidation sites excluding steroid dienone is 4. The number of carbonyl (C=O) groups excluding carboxylic acids is 1. The maximum absolute atomic E-state index is 11.9. The highest BCUT2D eigenvalue weighted by Gasteiger charge is 2.16. The van der Waals surface area contributed by atoms with Crippen LogP contribution in [-0.2, 0) is 14.3 Å². The van der Waals surface area contributed by atoms with Crippen molar-refractivity contribution in [1.82, 2.24) is 4.90 Å². The van der Waals surface area contributed by atoms with Gasteiger partial charge in [0.15, 0.2) is 0 Å². The summed E-state index contributed by atoms with van der Waals surface area (Å²) < 4.78 is 10.5. The Morgan fingerprint density at radius 1 is 0.875 bits per heavy atom. The second kappa shape index (κ2) is 23.0. The van der Waals surface area contributed by atoms with Gasteiger partial charge in [-0.3, -0.25) is 4.79 Å². The van der Waals surface area contributed by atoms with E-state index in [1.165, 1.54) is 38.5 Å². The molecule has 0 radical (unpaired) electrons. The largest absolute Gasteiger partial charge is 0.410 e. The lowest BCUT2D eigenvalue weighted by Gasteiger charge is -2.21. The zero-order valence-electron chi connectivity index (χ0n) is 21.4. The summed E-state index contributed by atoms with van der Waals surface area (Å²) in [6.07, 6.45) is 24.6. The van der Waals surface area contributed by atoms with E-state index in [9.17, 15) is 9.90 Å². The molecule has 0 aliphatic rings. The van der Waals surface area contributed by atoms with Gasteiger partial charge in [0.05, 0.1) is 6.10 Å². The Bertz CT molecular complexity index is 476. The first-order valence-corrected chi connectivity index (χ1v) is 13.0. The summed E-state index contributed by atoms with van der Waals surface area (Å²) in [7, 11) is 4.07. The fourth-order valence-corrected chi connectivity index (χ4v) is 3.45. The summed E-state index contributed by atoms with van der Waals surface area (Å²) in [5.74, 6) is -0.383. The van der Waals surface area contributed by atoms with E-state index in [4.69, 9.17) is 9.47 Å². The minimum Gasteiger partial charge on any atom is -0.410 e. The maximum Gasteiger partial charge on any atom is 0.316 e. The first-order chi connectivity index (χ1) is 15.5. The van der Waals surface area contributed by atoms with Crippen LogP contribution in [0.15, 0.2) is 24.3 Å². The lowest BCUT2D eigenvalue weighted by molar-refractivity contribution is -0.271. The lowest BCUT2D eigenvalue weighted by atomic mass is 10.1. The van der Waals surface area contributed by atoms with Crippen LogP contribution in [0.3, 0.4) is 0 Å².